The Morgan fingerprint density at radius 1 is 1.11 bits per heavy atom. The number of carbonyl (C=O) groups is 2. The van der Waals surface area contributed by atoms with Gasteiger partial charge in [-0.05, 0) is 61.4 Å². The Morgan fingerprint density at radius 3 is 2.57 bits per heavy atom. The van der Waals surface area contributed by atoms with Crippen LogP contribution < -0.4 is 5.32 Å². The molecule has 146 valence electrons. The van der Waals surface area contributed by atoms with E-state index >= 15 is 0 Å². The summed E-state index contributed by atoms with van der Waals surface area (Å²) >= 11 is 0. The van der Waals surface area contributed by atoms with Crippen molar-refractivity contribution in [2.24, 2.45) is 0 Å². The molecule has 2 aliphatic rings. The molecule has 0 saturated heterocycles. The van der Waals surface area contributed by atoms with Gasteiger partial charge in [0.2, 0.25) is 5.91 Å². The Labute approximate surface area is 164 Å². The average Bonchev–Trinajstić information content (AvgIpc) is 2.88. The molecular formula is C21H22N2O4S. The normalized spacial score (nSPS) is 18.3. The summed E-state index contributed by atoms with van der Waals surface area (Å²) in [4.78, 5) is 24.9. The second kappa shape index (κ2) is 7.05. The quantitative estimate of drug-likeness (QED) is 0.858. The Morgan fingerprint density at radius 2 is 1.82 bits per heavy atom. The maximum Gasteiger partial charge on any atom is 0.269 e. The Hall–Kier alpha value is -2.67. The fourth-order valence-electron chi connectivity index (χ4n) is 3.91. The minimum Gasteiger partial charge on any atom is -0.348 e. The van der Waals surface area contributed by atoms with Gasteiger partial charge < -0.3 is 5.32 Å². The van der Waals surface area contributed by atoms with Gasteiger partial charge in [-0.15, -0.1) is 0 Å². The van der Waals surface area contributed by atoms with Crippen molar-refractivity contribution in [3.63, 3.8) is 0 Å². The number of nitrogens with one attached hydrogen (secondary N) is 1. The molecule has 4 rings (SSSR count). The molecule has 2 amide bonds. The second-order valence-electron chi connectivity index (χ2n) is 7.34. The third kappa shape index (κ3) is 3.20. The first-order valence-corrected chi connectivity index (χ1v) is 10.9. The van der Waals surface area contributed by atoms with Crippen molar-refractivity contribution in [2.45, 2.75) is 43.5 Å². The van der Waals surface area contributed by atoms with Crippen LogP contribution in [0.2, 0.25) is 0 Å². The van der Waals surface area contributed by atoms with E-state index in [1.54, 1.807) is 12.1 Å². The van der Waals surface area contributed by atoms with E-state index in [4.69, 9.17) is 0 Å². The molecule has 2 aromatic carbocycles. The highest BCUT2D eigenvalue weighted by Gasteiger charge is 2.41. The first-order valence-electron chi connectivity index (χ1n) is 9.45. The summed E-state index contributed by atoms with van der Waals surface area (Å²) in [6.45, 7) is 1.34. The van der Waals surface area contributed by atoms with E-state index in [2.05, 4.69) is 17.4 Å². The molecule has 0 radical (unpaired) electrons. The summed E-state index contributed by atoms with van der Waals surface area (Å²) in [5, 5.41) is 2.82. The van der Waals surface area contributed by atoms with Crippen LogP contribution in [0.4, 0.5) is 0 Å². The highest BCUT2D eigenvalue weighted by atomic mass is 32.2. The standard InChI is InChI=1S/C21H22N2O4S/c1-14(16-11-10-15-6-2-3-7-17(15)12-16)22-20(24)13-23-21(25)18-8-4-5-9-19(18)28(23,26)27/h4-5,8-12,14H,2-3,6-7,13H2,1H3,(H,22,24). The van der Waals surface area contributed by atoms with E-state index in [1.165, 1.54) is 36.1 Å². The lowest BCUT2D eigenvalue weighted by Crippen LogP contribution is -2.41. The molecular weight excluding hydrogens is 376 g/mol. The molecule has 2 aromatic rings. The average molecular weight is 398 g/mol. The van der Waals surface area contributed by atoms with Gasteiger partial charge in [-0.2, -0.15) is 0 Å². The second-order valence-corrected chi connectivity index (χ2v) is 9.17. The van der Waals surface area contributed by atoms with E-state index in [-0.39, 0.29) is 16.5 Å². The minimum absolute atomic E-state index is 0.0458. The minimum atomic E-state index is -3.98. The number of hydrogen-bond acceptors (Lipinski definition) is 4. The predicted octanol–water partition coefficient (Wildman–Crippen LogP) is 2.59. The number of fused-ring (bicyclic) bond motifs is 2. The molecule has 1 heterocycles. The molecule has 6 nitrogen and oxygen atoms in total. The van der Waals surface area contributed by atoms with Gasteiger partial charge in [-0.1, -0.05) is 30.3 Å². The van der Waals surface area contributed by atoms with Crippen LogP contribution in [-0.2, 0) is 27.7 Å². The first kappa shape index (κ1) is 18.7. The van der Waals surface area contributed by atoms with Crippen molar-refractivity contribution in [3.05, 3.63) is 64.7 Å². The molecule has 0 spiro atoms. The number of amides is 2. The SMILES string of the molecule is CC(NC(=O)CN1C(=O)c2ccccc2S1(=O)=O)c1ccc2c(c1)CCCC2. The summed E-state index contributed by atoms with van der Waals surface area (Å²) < 4.78 is 25.8. The van der Waals surface area contributed by atoms with Crippen LogP contribution in [0, 0.1) is 0 Å². The monoisotopic (exact) mass is 398 g/mol. The van der Waals surface area contributed by atoms with Gasteiger partial charge in [-0.3, -0.25) is 9.59 Å². The van der Waals surface area contributed by atoms with Gasteiger partial charge in [0, 0.05) is 0 Å². The maximum absolute atomic E-state index is 12.6. The third-order valence-electron chi connectivity index (χ3n) is 5.45. The van der Waals surface area contributed by atoms with Crippen molar-refractivity contribution in [2.75, 3.05) is 6.54 Å². The Balaban J connectivity index is 1.47. The Kier molecular flexibility index (Phi) is 4.71. The molecule has 0 aromatic heterocycles. The molecule has 0 saturated carbocycles. The van der Waals surface area contributed by atoms with Crippen LogP contribution in [0.25, 0.3) is 0 Å². The number of nitrogens with zero attached hydrogens (tertiary/aromatic N) is 1. The van der Waals surface area contributed by atoms with Crippen molar-refractivity contribution >= 4 is 21.8 Å². The van der Waals surface area contributed by atoms with Crippen molar-refractivity contribution in [3.8, 4) is 0 Å². The molecule has 1 unspecified atom stereocenters. The van der Waals surface area contributed by atoms with Crippen molar-refractivity contribution in [1.29, 1.82) is 0 Å². The molecule has 0 fully saturated rings. The lowest BCUT2D eigenvalue weighted by Gasteiger charge is -2.21. The highest BCUT2D eigenvalue weighted by Crippen LogP contribution is 2.30. The van der Waals surface area contributed by atoms with Gasteiger partial charge >= 0.3 is 0 Å². The number of benzene rings is 2. The molecule has 28 heavy (non-hydrogen) atoms. The summed E-state index contributed by atoms with van der Waals surface area (Å²) in [5.41, 5.74) is 3.77. The van der Waals surface area contributed by atoms with Gasteiger partial charge in [0.25, 0.3) is 15.9 Å². The summed E-state index contributed by atoms with van der Waals surface area (Å²) in [6.07, 6.45) is 4.51. The fourth-order valence-corrected chi connectivity index (χ4v) is 5.44. The van der Waals surface area contributed by atoms with E-state index in [0.29, 0.717) is 4.31 Å². The van der Waals surface area contributed by atoms with Crippen LogP contribution in [-0.4, -0.2) is 31.1 Å². The molecule has 1 atom stereocenters. The maximum atomic E-state index is 12.6. The number of sulfonamides is 1. The van der Waals surface area contributed by atoms with Crippen molar-refractivity contribution in [1.82, 2.24) is 9.62 Å². The van der Waals surface area contributed by atoms with E-state index < -0.39 is 28.4 Å². The van der Waals surface area contributed by atoms with Gasteiger partial charge in [0.1, 0.15) is 11.4 Å². The molecule has 1 N–H and O–H groups in total. The molecule has 1 aliphatic heterocycles. The number of aryl methyl sites for hydroxylation is 2. The summed E-state index contributed by atoms with van der Waals surface area (Å²) in [5.74, 6) is -1.16. The van der Waals surface area contributed by atoms with Crippen LogP contribution >= 0.6 is 0 Å². The summed E-state index contributed by atoms with van der Waals surface area (Å²) in [6, 6.07) is 12.0. The fraction of sp³-hybridized carbons (Fsp3) is 0.333. The zero-order chi connectivity index (χ0) is 19.9. The van der Waals surface area contributed by atoms with Gasteiger partial charge in [-0.25, -0.2) is 12.7 Å². The van der Waals surface area contributed by atoms with E-state index in [1.807, 2.05) is 13.0 Å². The van der Waals surface area contributed by atoms with Gasteiger partial charge in [0.15, 0.2) is 0 Å². The van der Waals surface area contributed by atoms with Crippen LogP contribution in [0.15, 0.2) is 47.4 Å². The lowest BCUT2D eigenvalue weighted by molar-refractivity contribution is -0.121. The highest BCUT2D eigenvalue weighted by molar-refractivity contribution is 7.90. The van der Waals surface area contributed by atoms with Crippen molar-refractivity contribution < 1.29 is 18.0 Å². The lowest BCUT2D eigenvalue weighted by atomic mass is 9.89. The zero-order valence-electron chi connectivity index (χ0n) is 15.6. The zero-order valence-corrected chi connectivity index (χ0v) is 16.5. The van der Waals surface area contributed by atoms with Gasteiger partial charge in [0.05, 0.1) is 11.6 Å². The molecule has 7 heteroatoms. The van der Waals surface area contributed by atoms with Crippen LogP contribution in [0.3, 0.4) is 0 Å². The van der Waals surface area contributed by atoms with E-state index in [0.717, 1.165) is 18.4 Å². The largest absolute Gasteiger partial charge is 0.348 e. The molecule has 1 aliphatic carbocycles. The Bertz CT molecular complexity index is 1060. The smallest absolute Gasteiger partial charge is 0.269 e. The topological polar surface area (TPSA) is 83.6 Å². The molecule has 0 bridgehead atoms. The number of hydrogen-bond donors (Lipinski definition) is 1. The third-order valence-corrected chi connectivity index (χ3v) is 7.24. The van der Waals surface area contributed by atoms with Crippen LogP contribution in [0.5, 0.6) is 0 Å². The predicted molar refractivity (Wildman–Crippen MR) is 104 cm³/mol. The first-order chi connectivity index (χ1) is 13.4. The number of rotatable bonds is 4. The summed E-state index contributed by atoms with van der Waals surface area (Å²) in [7, 11) is -3.98. The van der Waals surface area contributed by atoms with E-state index in [9.17, 15) is 18.0 Å². The van der Waals surface area contributed by atoms with Crippen LogP contribution in [0.1, 0.15) is 52.9 Å². The number of carbonyl (C=O) groups excluding carboxylic acids is 2.